The summed E-state index contributed by atoms with van der Waals surface area (Å²) in [6, 6.07) is 6.16. The third kappa shape index (κ3) is 2.59. The van der Waals surface area contributed by atoms with Gasteiger partial charge in [0.1, 0.15) is 0 Å². The number of rotatable bonds is 1. The largest absolute Gasteiger partial charge is 0.339 e. The molecule has 0 unspecified atom stereocenters. The average molecular weight is 272 g/mol. The first-order valence-corrected chi connectivity index (χ1v) is 7.72. The maximum atomic E-state index is 12.8. The van der Waals surface area contributed by atoms with E-state index in [1.165, 1.54) is 0 Å². The first-order chi connectivity index (χ1) is 9.65. The summed E-state index contributed by atoms with van der Waals surface area (Å²) in [5.41, 5.74) is 3.14. The molecule has 3 nitrogen and oxygen atoms in total. The summed E-state index contributed by atoms with van der Waals surface area (Å²) < 4.78 is 0. The molecule has 1 amide bonds. The van der Waals surface area contributed by atoms with Gasteiger partial charge in [-0.3, -0.25) is 4.79 Å². The van der Waals surface area contributed by atoms with Crippen molar-refractivity contribution < 1.29 is 4.79 Å². The number of carbonyl (C=O) groups is 1. The maximum absolute atomic E-state index is 12.8. The fourth-order valence-electron chi connectivity index (χ4n) is 3.56. The highest BCUT2D eigenvalue weighted by molar-refractivity contribution is 5.95. The topological polar surface area (TPSA) is 32.3 Å². The van der Waals surface area contributed by atoms with Crippen molar-refractivity contribution in [1.82, 2.24) is 10.2 Å². The molecule has 2 heterocycles. The van der Waals surface area contributed by atoms with Gasteiger partial charge >= 0.3 is 0 Å². The van der Waals surface area contributed by atoms with E-state index in [4.69, 9.17) is 0 Å². The van der Waals surface area contributed by atoms with E-state index in [2.05, 4.69) is 29.3 Å². The Morgan fingerprint density at radius 2 is 1.80 bits per heavy atom. The zero-order valence-electron chi connectivity index (χ0n) is 12.5. The molecular weight excluding hydrogens is 248 g/mol. The van der Waals surface area contributed by atoms with Crippen LogP contribution >= 0.6 is 0 Å². The first kappa shape index (κ1) is 13.6. The molecule has 3 rings (SSSR count). The van der Waals surface area contributed by atoms with E-state index in [1.807, 2.05) is 13.0 Å². The molecule has 2 aliphatic heterocycles. The van der Waals surface area contributed by atoms with Gasteiger partial charge in [0.25, 0.3) is 5.91 Å². The monoisotopic (exact) mass is 272 g/mol. The van der Waals surface area contributed by atoms with Crippen molar-refractivity contribution in [2.75, 3.05) is 26.2 Å². The van der Waals surface area contributed by atoms with Gasteiger partial charge in [0.2, 0.25) is 0 Å². The predicted molar refractivity (Wildman–Crippen MR) is 80.9 cm³/mol. The molecule has 20 heavy (non-hydrogen) atoms. The van der Waals surface area contributed by atoms with Crippen LogP contribution in [0.2, 0.25) is 0 Å². The highest BCUT2D eigenvalue weighted by Gasteiger charge is 2.31. The normalized spacial score (nSPS) is 26.2. The van der Waals surface area contributed by atoms with Crippen molar-refractivity contribution in [1.29, 1.82) is 0 Å². The smallest absolute Gasteiger partial charge is 0.254 e. The van der Waals surface area contributed by atoms with E-state index < -0.39 is 0 Å². The van der Waals surface area contributed by atoms with E-state index in [-0.39, 0.29) is 5.91 Å². The van der Waals surface area contributed by atoms with Crippen LogP contribution in [-0.4, -0.2) is 37.0 Å². The minimum Gasteiger partial charge on any atom is -0.339 e. The molecule has 0 saturated carbocycles. The second-order valence-electron chi connectivity index (χ2n) is 6.37. The molecule has 2 aliphatic rings. The summed E-state index contributed by atoms with van der Waals surface area (Å²) >= 11 is 0. The van der Waals surface area contributed by atoms with Crippen molar-refractivity contribution >= 4 is 5.91 Å². The molecule has 0 bridgehead atoms. The number of aryl methyl sites for hydroxylation is 2. The van der Waals surface area contributed by atoms with Crippen LogP contribution in [0.3, 0.4) is 0 Å². The van der Waals surface area contributed by atoms with Gasteiger partial charge in [0.15, 0.2) is 0 Å². The molecular formula is C17H24N2O. The lowest BCUT2D eigenvalue weighted by molar-refractivity contribution is 0.0757. The van der Waals surface area contributed by atoms with Gasteiger partial charge in [-0.05, 0) is 63.2 Å². The highest BCUT2D eigenvalue weighted by atomic mass is 16.2. The van der Waals surface area contributed by atoms with Crippen LogP contribution in [0.4, 0.5) is 0 Å². The summed E-state index contributed by atoms with van der Waals surface area (Å²) in [6.07, 6.45) is 2.29. The van der Waals surface area contributed by atoms with Crippen LogP contribution in [0, 0.1) is 25.7 Å². The Balaban J connectivity index is 1.75. The third-order valence-electron chi connectivity index (χ3n) is 4.93. The number of carbonyl (C=O) groups excluding carboxylic acids is 1. The maximum Gasteiger partial charge on any atom is 0.254 e. The van der Waals surface area contributed by atoms with Crippen molar-refractivity contribution in [2.24, 2.45) is 11.8 Å². The van der Waals surface area contributed by atoms with E-state index in [0.29, 0.717) is 0 Å². The molecule has 0 radical (unpaired) electrons. The van der Waals surface area contributed by atoms with Crippen LogP contribution < -0.4 is 5.32 Å². The Morgan fingerprint density at radius 1 is 1.15 bits per heavy atom. The number of fused-ring (bicyclic) bond motifs is 1. The van der Waals surface area contributed by atoms with E-state index in [1.54, 1.807) is 0 Å². The van der Waals surface area contributed by atoms with Gasteiger partial charge < -0.3 is 10.2 Å². The minimum absolute atomic E-state index is 0.221. The quantitative estimate of drug-likeness (QED) is 0.851. The first-order valence-electron chi connectivity index (χ1n) is 7.72. The molecule has 2 fully saturated rings. The average Bonchev–Trinajstić information content (AvgIpc) is 2.80. The number of nitrogens with one attached hydrogen (secondary N) is 1. The number of hydrogen-bond donors (Lipinski definition) is 1. The van der Waals surface area contributed by atoms with Gasteiger partial charge in [-0.15, -0.1) is 0 Å². The lowest BCUT2D eigenvalue weighted by Crippen LogP contribution is -2.33. The Hall–Kier alpha value is -1.35. The fourth-order valence-corrected chi connectivity index (χ4v) is 3.56. The summed E-state index contributed by atoms with van der Waals surface area (Å²) in [5, 5.41) is 3.48. The lowest BCUT2D eigenvalue weighted by Gasteiger charge is -2.22. The Labute approximate surface area is 121 Å². The Morgan fingerprint density at radius 3 is 2.45 bits per heavy atom. The Bertz CT molecular complexity index is 498. The number of hydrogen-bond acceptors (Lipinski definition) is 2. The molecule has 2 saturated heterocycles. The second-order valence-corrected chi connectivity index (χ2v) is 6.37. The van der Waals surface area contributed by atoms with Crippen molar-refractivity contribution in [3.63, 3.8) is 0 Å². The van der Waals surface area contributed by atoms with Crippen LogP contribution in [0.25, 0.3) is 0 Å². The molecule has 108 valence electrons. The number of nitrogens with zero attached hydrogens (tertiary/aromatic N) is 1. The molecule has 0 aromatic heterocycles. The summed E-state index contributed by atoms with van der Waals surface area (Å²) in [6.45, 7) is 8.17. The van der Waals surface area contributed by atoms with Crippen molar-refractivity contribution in [2.45, 2.75) is 26.7 Å². The number of amides is 1. The fraction of sp³-hybridized carbons (Fsp3) is 0.588. The van der Waals surface area contributed by atoms with Gasteiger partial charge in [-0.1, -0.05) is 17.7 Å². The molecule has 1 aromatic carbocycles. The summed E-state index contributed by atoms with van der Waals surface area (Å²) in [7, 11) is 0. The van der Waals surface area contributed by atoms with Crippen molar-refractivity contribution in [3.05, 3.63) is 34.9 Å². The van der Waals surface area contributed by atoms with E-state index >= 15 is 0 Å². The predicted octanol–water partition coefficient (Wildman–Crippen LogP) is 2.38. The standard InChI is InChI=1S/C17H24N2O/c1-12-3-4-13(2)16(9-12)17(20)19-7-5-14-10-18-11-15(14)6-8-19/h3-4,9,14-15,18H,5-8,10-11H2,1-2H3/t14-,15+. The highest BCUT2D eigenvalue weighted by Crippen LogP contribution is 2.28. The second kappa shape index (κ2) is 5.57. The SMILES string of the molecule is Cc1ccc(C)c(C(=O)N2CC[C@@H]3CNC[C@@H]3CC2)c1. The van der Waals surface area contributed by atoms with E-state index in [0.717, 1.165) is 67.5 Å². The number of benzene rings is 1. The van der Waals surface area contributed by atoms with Crippen LogP contribution in [0.5, 0.6) is 0 Å². The van der Waals surface area contributed by atoms with Gasteiger partial charge in [-0.2, -0.15) is 0 Å². The molecule has 2 atom stereocenters. The van der Waals surface area contributed by atoms with Gasteiger partial charge in [0.05, 0.1) is 0 Å². The van der Waals surface area contributed by atoms with Crippen LogP contribution in [-0.2, 0) is 0 Å². The zero-order valence-corrected chi connectivity index (χ0v) is 12.5. The molecule has 1 aromatic rings. The summed E-state index contributed by atoms with van der Waals surface area (Å²) in [4.78, 5) is 14.8. The number of likely N-dealkylation sites (tertiary alicyclic amines) is 1. The minimum atomic E-state index is 0.221. The van der Waals surface area contributed by atoms with Crippen LogP contribution in [0.1, 0.15) is 34.3 Å². The molecule has 0 aliphatic carbocycles. The van der Waals surface area contributed by atoms with Gasteiger partial charge in [-0.25, -0.2) is 0 Å². The summed E-state index contributed by atoms with van der Waals surface area (Å²) in [5.74, 6) is 1.76. The zero-order chi connectivity index (χ0) is 14.1. The molecule has 0 spiro atoms. The van der Waals surface area contributed by atoms with Crippen molar-refractivity contribution in [3.8, 4) is 0 Å². The van der Waals surface area contributed by atoms with Crippen LogP contribution in [0.15, 0.2) is 18.2 Å². The molecule has 1 N–H and O–H groups in total. The van der Waals surface area contributed by atoms with Gasteiger partial charge in [0, 0.05) is 18.7 Å². The Kier molecular flexibility index (Phi) is 3.79. The molecule has 3 heteroatoms. The lowest BCUT2D eigenvalue weighted by atomic mass is 9.92. The third-order valence-corrected chi connectivity index (χ3v) is 4.93. The van der Waals surface area contributed by atoms with E-state index in [9.17, 15) is 4.79 Å².